The molecule has 0 aliphatic heterocycles. The van der Waals surface area contributed by atoms with E-state index in [1.54, 1.807) is 24.3 Å². The molecule has 0 unspecified atom stereocenters. The Kier molecular flexibility index (Phi) is 8.33. The van der Waals surface area contributed by atoms with Crippen LogP contribution in [0.15, 0.2) is 48.5 Å². The molecule has 1 N–H and O–H groups in total. The molecule has 0 spiro atoms. The Morgan fingerprint density at radius 1 is 0.968 bits per heavy atom. The van der Waals surface area contributed by atoms with E-state index in [0.29, 0.717) is 18.0 Å². The van der Waals surface area contributed by atoms with Crippen molar-refractivity contribution in [2.75, 3.05) is 36.9 Å². The highest BCUT2D eigenvalue weighted by Gasteiger charge is 2.20. The molecule has 7 nitrogen and oxygen atoms in total. The summed E-state index contributed by atoms with van der Waals surface area (Å²) in [7, 11) is -3.63. The molecule has 0 aliphatic carbocycles. The predicted octanol–water partition coefficient (Wildman–Crippen LogP) is 3.34. The zero-order chi connectivity index (χ0) is 23.1. The van der Waals surface area contributed by atoms with Crippen LogP contribution in [0.25, 0.3) is 0 Å². The van der Waals surface area contributed by atoms with E-state index in [1.165, 1.54) is 5.56 Å². The molecule has 0 fully saturated rings. The molecular formula is C23H32N2O5S. The van der Waals surface area contributed by atoms with Gasteiger partial charge in [-0.05, 0) is 54.3 Å². The summed E-state index contributed by atoms with van der Waals surface area (Å²) < 4.78 is 36.4. The Balaban J connectivity index is 1.87. The number of benzene rings is 2. The lowest BCUT2D eigenvalue weighted by Gasteiger charge is -2.22. The van der Waals surface area contributed by atoms with E-state index in [4.69, 9.17) is 9.47 Å². The van der Waals surface area contributed by atoms with Gasteiger partial charge in [-0.15, -0.1) is 0 Å². The molecule has 2 rings (SSSR count). The predicted molar refractivity (Wildman–Crippen MR) is 123 cm³/mol. The fourth-order valence-corrected chi connectivity index (χ4v) is 3.73. The molecular weight excluding hydrogens is 416 g/mol. The van der Waals surface area contributed by atoms with Crippen molar-refractivity contribution in [2.24, 2.45) is 0 Å². The average molecular weight is 449 g/mol. The number of rotatable bonds is 10. The van der Waals surface area contributed by atoms with Crippen molar-refractivity contribution in [3.63, 3.8) is 0 Å². The van der Waals surface area contributed by atoms with Crippen LogP contribution in [0.2, 0.25) is 0 Å². The Hall–Kier alpha value is -2.74. The number of amides is 1. The van der Waals surface area contributed by atoms with Crippen molar-refractivity contribution in [2.45, 2.75) is 33.1 Å². The molecule has 31 heavy (non-hydrogen) atoms. The third-order valence-corrected chi connectivity index (χ3v) is 5.68. The number of hydrogen-bond donors (Lipinski definition) is 1. The van der Waals surface area contributed by atoms with Gasteiger partial charge in [-0.3, -0.25) is 9.10 Å². The van der Waals surface area contributed by atoms with Gasteiger partial charge in [0.25, 0.3) is 0 Å². The van der Waals surface area contributed by atoms with Crippen molar-refractivity contribution >= 4 is 21.6 Å². The molecule has 0 saturated heterocycles. The van der Waals surface area contributed by atoms with Crippen LogP contribution in [0.4, 0.5) is 5.69 Å². The van der Waals surface area contributed by atoms with E-state index in [9.17, 15) is 13.2 Å². The van der Waals surface area contributed by atoms with Gasteiger partial charge >= 0.3 is 0 Å². The van der Waals surface area contributed by atoms with Crippen LogP contribution in [0.3, 0.4) is 0 Å². The Labute approximate surface area is 185 Å². The standard InChI is InChI=1S/C23H32N2O5S/c1-6-29-20-13-9-19(10-14-20)25(31(5,27)28)17-22(26)24-15-16-30-21-11-7-18(8-12-21)23(2,3)4/h7-14H,6,15-17H2,1-5H3,(H,24,26). The number of carbonyl (C=O) groups is 1. The Morgan fingerprint density at radius 2 is 1.52 bits per heavy atom. The quantitative estimate of drug-likeness (QED) is 0.564. The lowest BCUT2D eigenvalue weighted by Crippen LogP contribution is -2.41. The fourth-order valence-electron chi connectivity index (χ4n) is 2.87. The zero-order valence-corrected chi connectivity index (χ0v) is 19.7. The van der Waals surface area contributed by atoms with E-state index < -0.39 is 15.9 Å². The first-order valence-corrected chi connectivity index (χ1v) is 12.1. The number of sulfonamides is 1. The zero-order valence-electron chi connectivity index (χ0n) is 18.8. The molecule has 0 aromatic heterocycles. The summed E-state index contributed by atoms with van der Waals surface area (Å²) in [5.41, 5.74) is 1.68. The molecule has 0 aliphatic rings. The van der Waals surface area contributed by atoms with Gasteiger partial charge in [-0.2, -0.15) is 0 Å². The minimum atomic E-state index is -3.63. The van der Waals surface area contributed by atoms with Crippen LogP contribution in [0.5, 0.6) is 11.5 Å². The summed E-state index contributed by atoms with van der Waals surface area (Å²) in [6.07, 6.45) is 1.07. The minimum Gasteiger partial charge on any atom is -0.494 e. The Morgan fingerprint density at radius 3 is 2.03 bits per heavy atom. The highest BCUT2D eigenvalue weighted by molar-refractivity contribution is 7.92. The molecule has 2 aromatic carbocycles. The van der Waals surface area contributed by atoms with E-state index in [0.717, 1.165) is 16.3 Å². The van der Waals surface area contributed by atoms with Crippen molar-refractivity contribution in [3.05, 3.63) is 54.1 Å². The highest BCUT2D eigenvalue weighted by Crippen LogP contribution is 2.24. The fraction of sp³-hybridized carbons (Fsp3) is 0.435. The van der Waals surface area contributed by atoms with Crippen LogP contribution < -0.4 is 19.1 Å². The SMILES string of the molecule is CCOc1ccc(N(CC(=O)NCCOc2ccc(C(C)(C)C)cc2)S(C)(=O)=O)cc1. The van der Waals surface area contributed by atoms with E-state index >= 15 is 0 Å². The number of nitrogens with zero attached hydrogens (tertiary/aromatic N) is 1. The second-order valence-corrected chi connectivity index (χ2v) is 10.1. The monoisotopic (exact) mass is 448 g/mol. The second-order valence-electron chi connectivity index (χ2n) is 8.17. The van der Waals surface area contributed by atoms with E-state index in [2.05, 4.69) is 26.1 Å². The molecule has 2 aromatic rings. The molecule has 0 bridgehead atoms. The molecule has 0 saturated carbocycles. The van der Waals surface area contributed by atoms with Gasteiger partial charge < -0.3 is 14.8 Å². The lowest BCUT2D eigenvalue weighted by atomic mass is 9.87. The van der Waals surface area contributed by atoms with Crippen LogP contribution in [0, 0.1) is 0 Å². The maximum Gasteiger partial charge on any atom is 0.240 e. The van der Waals surface area contributed by atoms with Gasteiger partial charge in [0.1, 0.15) is 24.7 Å². The molecule has 170 valence electrons. The van der Waals surface area contributed by atoms with Crippen molar-refractivity contribution < 1.29 is 22.7 Å². The molecule has 0 radical (unpaired) electrons. The maximum atomic E-state index is 12.3. The first-order chi connectivity index (χ1) is 14.5. The average Bonchev–Trinajstić information content (AvgIpc) is 2.69. The van der Waals surface area contributed by atoms with Crippen molar-refractivity contribution in [1.29, 1.82) is 0 Å². The van der Waals surface area contributed by atoms with Crippen LogP contribution in [-0.2, 0) is 20.2 Å². The topological polar surface area (TPSA) is 84.9 Å². The van der Waals surface area contributed by atoms with Gasteiger partial charge in [0.2, 0.25) is 15.9 Å². The summed E-state index contributed by atoms with van der Waals surface area (Å²) in [4.78, 5) is 12.3. The first kappa shape index (κ1) is 24.5. The third-order valence-electron chi connectivity index (χ3n) is 4.54. The minimum absolute atomic E-state index is 0.0708. The number of ether oxygens (including phenoxy) is 2. The summed E-state index contributed by atoms with van der Waals surface area (Å²) in [5.74, 6) is 0.942. The van der Waals surface area contributed by atoms with Crippen molar-refractivity contribution in [1.82, 2.24) is 5.32 Å². The summed E-state index contributed by atoms with van der Waals surface area (Å²) in [5, 5.41) is 2.70. The smallest absolute Gasteiger partial charge is 0.240 e. The van der Waals surface area contributed by atoms with E-state index in [-0.39, 0.29) is 25.1 Å². The van der Waals surface area contributed by atoms with Gasteiger partial charge in [0, 0.05) is 0 Å². The molecule has 8 heteroatoms. The van der Waals surface area contributed by atoms with Crippen LogP contribution in [-0.4, -0.2) is 46.9 Å². The summed E-state index contributed by atoms with van der Waals surface area (Å²) in [6.45, 7) is 9.05. The number of nitrogens with one attached hydrogen (secondary N) is 1. The normalized spacial score (nSPS) is 11.6. The molecule has 0 heterocycles. The molecule has 0 atom stereocenters. The van der Waals surface area contributed by atoms with Gasteiger partial charge in [0.05, 0.1) is 25.1 Å². The van der Waals surface area contributed by atoms with Crippen molar-refractivity contribution in [3.8, 4) is 11.5 Å². The summed E-state index contributed by atoms with van der Waals surface area (Å²) >= 11 is 0. The number of hydrogen-bond acceptors (Lipinski definition) is 5. The maximum absolute atomic E-state index is 12.3. The Bertz CT molecular complexity index is 949. The summed E-state index contributed by atoms with van der Waals surface area (Å²) in [6, 6.07) is 14.4. The number of anilines is 1. The third kappa shape index (κ3) is 7.79. The lowest BCUT2D eigenvalue weighted by molar-refractivity contribution is -0.119. The molecule has 1 amide bonds. The van der Waals surface area contributed by atoms with Gasteiger partial charge in [-0.25, -0.2) is 8.42 Å². The first-order valence-electron chi connectivity index (χ1n) is 10.2. The largest absolute Gasteiger partial charge is 0.494 e. The highest BCUT2D eigenvalue weighted by atomic mass is 32.2. The van der Waals surface area contributed by atoms with E-state index in [1.807, 2.05) is 31.2 Å². The number of carbonyl (C=O) groups excluding carboxylic acids is 1. The van der Waals surface area contributed by atoms with Gasteiger partial charge in [0.15, 0.2) is 0 Å². The second kappa shape index (κ2) is 10.5. The van der Waals surface area contributed by atoms with Crippen LogP contribution >= 0.6 is 0 Å². The van der Waals surface area contributed by atoms with Crippen LogP contribution in [0.1, 0.15) is 33.3 Å². The van der Waals surface area contributed by atoms with Gasteiger partial charge in [-0.1, -0.05) is 32.9 Å².